The van der Waals surface area contributed by atoms with E-state index in [2.05, 4.69) is 22.5 Å². The van der Waals surface area contributed by atoms with E-state index in [1.807, 2.05) is 4.40 Å². The summed E-state index contributed by atoms with van der Waals surface area (Å²) in [6.07, 6.45) is 12.4. The lowest BCUT2D eigenvalue weighted by atomic mass is 9.59. The highest BCUT2D eigenvalue weighted by Gasteiger charge is 2.71. The summed E-state index contributed by atoms with van der Waals surface area (Å²) >= 11 is 0. The van der Waals surface area contributed by atoms with Crippen LogP contribution >= 0.6 is 0 Å². The highest BCUT2D eigenvalue weighted by molar-refractivity contribution is 5.49. The summed E-state index contributed by atoms with van der Waals surface area (Å²) in [7, 11) is 0. The lowest BCUT2D eigenvalue weighted by molar-refractivity contribution is -0.00952. The van der Waals surface area contributed by atoms with Crippen molar-refractivity contribution in [2.24, 2.45) is 35.0 Å². The van der Waals surface area contributed by atoms with Gasteiger partial charge in [0.2, 0.25) is 0 Å². The molecule has 0 amide bonds. The van der Waals surface area contributed by atoms with Crippen molar-refractivity contribution in [3.05, 3.63) is 24.2 Å². The Morgan fingerprint density at radius 2 is 2.00 bits per heavy atom. The van der Waals surface area contributed by atoms with Crippen molar-refractivity contribution in [3.63, 3.8) is 0 Å². The van der Waals surface area contributed by atoms with Gasteiger partial charge in [-0.2, -0.15) is 0 Å². The fraction of sp³-hybridized carbons (Fsp3) is 0.700. The Kier molecular flexibility index (Phi) is 2.11. The molecule has 0 aliphatic heterocycles. The first kappa shape index (κ1) is 12.7. The quantitative estimate of drug-likeness (QED) is 0.862. The third-order valence-electron chi connectivity index (χ3n) is 8.02. The Morgan fingerprint density at radius 3 is 2.75 bits per heavy atom. The Bertz CT molecular complexity index is 836. The molecule has 8 rings (SSSR count). The molecule has 4 heteroatoms. The molecule has 0 aromatic carbocycles. The van der Waals surface area contributed by atoms with Crippen molar-refractivity contribution in [3.8, 4) is 5.75 Å². The van der Waals surface area contributed by atoms with E-state index >= 15 is 0 Å². The number of pyridine rings is 1. The zero-order chi connectivity index (χ0) is 15.5. The van der Waals surface area contributed by atoms with Crippen LogP contribution in [0.25, 0.3) is 5.65 Å². The highest BCUT2D eigenvalue weighted by atomic mass is 16.5. The standard InChI is InChI=1S/C20H23N3O/c1-2-11(1)15-8-23-10-21-22-17(23)4-16(15)24-9-20-5-12-3-13(6-20)19-14(7-20)18(12)19/h4,8,10-14,18-19H,1-3,5-7,9H2. The van der Waals surface area contributed by atoms with Crippen molar-refractivity contribution < 1.29 is 4.74 Å². The monoisotopic (exact) mass is 321 g/mol. The van der Waals surface area contributed by atoms with Gasteiger partial charge in [0.05, 0.1) is 6.61 Å². The Hall–Kier alpha value is -1.58. The SMILES string of the molecule is c1c(OCC23CC4CC(C2)C2C(C3)C42)c(C2CC2)cn2cnnc12. The molecule has 0 N–H and O–H groups in total. The molecule has 4 nitrogen and oxygen atoms in total. The third kappa shape index (κ3) is 1.55. The van der Waals surface area contributed by atoms with Crippen LogP contribution in [0.5, 0.6) is 5.75 Å². The van der Waals surface area contributed by atoms with E-state index in [0.717, 1.165) is 47.6 Å². The number of nitrogens with zero attached hydrogens (tertiary/aromatic N) is 3. The van der Waals surface area contributed by atoms with Crippen LogP contribution < -0.4 is 4.74 Å². The second-order valence-electron chi connectivity index (χ2n) is 9.44. The second-order valence-corrected chi connectivity index (χ2v) is 9.44. The molecule has 0 saturated heterocycles. The molecule has 4 atom stereocenters. The van der Waals surface area contributed by atoms with E-state index in [4.69, 9.17) is 4.74 Å². The van der Waals surface area contributed by atoms with Gasteiger partial charge < -0.3 is 4.74 Å². The summed E-state index contributed by atoms with van der Waals surface area (Å²) in [6.45, 7) is 0.931. The predicted octanol–water partition coefficient (Wildman–Crippen LogP) is 3.67. The Labute approximate surface area is 141 Å². The molecule has 0 radical (unpaired) electrons. The van der Waals surface area contributed by atoms with Gasteiger partial charge >= 0.3 is 0 Å². The van der Waals surface area contributed by atoms with Crippen LogP contribution in [-0.4, -0.2) is 21.2 Å². The first-order valence-electron chi connectivity index (χ1n) is 9.76. The molecule has 24 heavy (non-hydrogen) atoms. The Morgan fingerprint density at radius 1 is 1.17 bits per heavy atom. The van der Waals surface area contributed by atoms with Crippen molar-refractivity contribution >= 4 is 5.65 Å². The number of aromatic nitrogens is 3. The maximum Gasteiger partial charge on any atom is 0.164 e. The lowest BCUT2D eigenvalue weighted by Gasteiger charge is -2.48. The molecule has 6 aliphatic rings. The van der Waals surface area contributed by atoms with Gasteiger partial charge in [-0.05, 0) is 74.0 Å². The predicted molar refractivity (Wildman–Crippen MR) is 88.8 cm³/mol. The van der Waals surface area contributed by atoms with Crippen molar-refractivity contribution in [1.82, 2.24) is 14.6 Å². The second kappa shape index (κ2) is 3.97. The fourth-order valence-electron chi connectivity index (χ4n) is 7.13. The molecule has 2 aromatic heterocycles. The molecule has 6 aliphatic carbocycles. The number of hydrogen-bond donors (Lipinski definition) is 0. The topological polar surface area (TPSA) is 39.4 Å². The van der Waals surface area contributed by atoms with E-state index in [9.17, 15) is 0 Å². The summed E-state index contributed by atoms with van der Waals surface area (Å²) < 4.78 is 8.57. The lowest BCUT2D eigenvalue weighted by Crippen LogP contribution is -2.42. The first-order chi connectivity index (χ1) is 11.8. The fourth-order valence-corrected chi connectivity index (χ4v) is 7.13. The number of rotatable bonds is 4. The van der Waals surface area contributed by atoms with Crippen molar-refractivity contribution in [2.45, 2.75) is 44.4 Å². The van der Waals surface area contributed by atoms with E-state index in [1.165, 1.54) is 44.1 Å². The number of hydrogen-bond acceptors (Lipinski definition) is 3. The molecule has 0 spiro atoms. The van der Waals surface area contributed by atoms with Crippen LogP contribution in [0, 0.1) is 35.0 Å². The molecule has 2 aromatic rings. The van der Waals surface area contributed by atoms with Gasteiger partial charge in [-0.1, -0.05) is 0 Å². The average Bonchev–Trinajstić information content (AvgIpc) is 3.47. The van der Waals surface area contributed by atoms with Crippen LogP contribution in [0.3, 0.4) is 0 Å². The molecule has 4 bridgehead atoms. The summed E-state index contributed by atoms with van der Waals surface area (Å²) in [5.41, 5.74) is 2.77. The van der Waals surface area contributed by atoms with E-state index < -0.39 is 0 Å². The minimum absolute atomic E-state index is 0.488. The molecule has 124 valence electrons. The van der Waals surface area contributed by atoms with E-state index in [0.29, 0.717) is 11.3 Å². The normalized spacial score (nSPS) is 44.2. The summed E-state index contributed by atoms with van der Waals surface area (Å²) in [4.78, 5) is 0. The number of ether oxygens (including phenoxy) is 1. The van der Waals surface area contributed by atoms with Crippen molar-refractivity contribution in [2.75, 3.05) is 6.61 Å². The maximum absolute atomic E-state index is 6.53. The van der Waals surface area contributed by atoms with Crippen LogP contribution in [0.2, 0.25) is 0 Å². The maximum atomic E-state index is 6.53. The summed E-state index contributed by atoms with van der Waals surface area (Å²) in [6, 6.07) is 2.12. The van der Waals surface area contributed by atoms with E-state index in [1.54, 1.807) is 6.33 Å². The Balaban J connectivity index is 1.21. The van der Waals surface area contributed by atoms with Crippen LogP contribution in [0.1, 0.15) is 50.0 Å². The van der Waals surface area contributed by atoms with Gasteiger partial charge in [-0.25, -0.2) is 0 Å². The van der Waals surface area contributed by atoms with Gasteiger partial charge in [0.1, 0.15) is 12.1 Å². The van der Waals surface area contributed by atoms with Gasteiger partial charge in [-0.3, -0.25) is 4.40 Å². The average molecular weight is 321 g/mol. The van der Waals surface area contributed by atoms with Crippen LogP contribution in [0.15, 0.2) is 18.6 Å². The molecular weight excluding hydrogens is 298 g/mol. The molecule has 4 unspecified atom stereocenters. The minimum atomic E-state index is 0.488. The largest absolute Gasteiger partial charge is 0.493 e. The zero-order valence-electron chi connectivity index (χ0n) is 13.9. The molecule has 2 heterocycles. The van der Waals surface area contributed by atoms with Crippen molar-refractivity contribution in [1.29, 1.82) is 0 Å². The van der Waals surface area contributed by atoms with Gasteiger partial charge in [0.25, 0.3) is 0 Å². The van der Waals surface area contributed by atoms with E-state index in [-0.39, 0.29) is 0 Å². The summed E-state index contributed by atoms with van der Waals surface area (Å²) in [5.74, 6) is 7.17. The molecule has 6 fully saturated rings. The molecular formula is C20H23N3O. The third-order valence-corrected chi connectivity index (χ3v) is 8.02. The van der Waals surface area contributed by atoms with Crippen LogP contribution in [-0.2, 0) is 0 Å². The summed E-state index contributed by atoms with van der Waals surface area (Å²) in [5, 5.41) is 8.25. The zero-order valence-corrected chi connectivity index (χ0v) is 13.9. The number of fused-ring (bicyclic) bond motifs is 1. The van der Waals surface area contributed by atoms with Gasteiger partial charge in [0.15, 0.2) is 5.65 Å². The van der Waals surface area contributed by atoms with Crippen LogP contribution in [0.4, 0.5) is 0 Å². The van der Waals surface area contributed by atoms with Gasteiger partial charge in [-0.15, -0.1) is 10.2 Å². The highest BCUT2D eigenvalue weighted by Crippen LogP contribution is 2.77. The smallest absolute Gasteiger partial charge is 0.164 e. The van der Waals surface area contributed by atoms with Gasteiger partial charge in [0, 0.05) is 23.2 Å². The molecule has 6 saturated carbocycles. The first-order valence-corrected chi connectivity index (χ1v) is 9.76. The minimum Gasteiger partial charge on any atom is -0.493 e.